The summed E-state index contributed by atoms with van der Waals surface area (Å²) in [4.78, 5) is 24.1. The van der Waals surface area contributed by atoms with Crippen molar-refractivity contribution in [2.45, 2.75) is 26.4 Å². The number of urea groups is 1. The first kappa shape index (κ1) is 22.9. The summed E-state index contributed by atoms with van der Waals surface area (Å²) in [6, 6.07) is 14.8. The smallest absolute Gasteiger partial charge is 0.315 e. The van der Waals surface area contributed by atoms with Crippen LogP contribution in [0.5, 0.6) is 5.75 Å². The molecule has 0 saturated carbocycles. The van der Waals surface area contributed by atoms with Crippen molar-refractivity contribution in [1.82, 2.24) is 25.7 Å². The van der Waals surface area contributed by atoms with Crippen LogP contribution in [0.1, 0.15) is 31.0 Å². The van der Waals surface area contributed by atoms with Gasteiger partial charge >= 0.3 is 6.03 Å². The number of ether oxygens (including phenoxy) is 1. The Hall–Kier alpha value is -3.81. The highest BCUT2D eigenvalue weighted by atomic mass is 16.5. The number of carbonyl (C=O) groups excluding carboxylic acids is 2. The number of hydrogen-bond acceptors (Lipinski definition) is 4. The Labute approximate surface area is 188 Å². The minimum absolute atomic E-state index is 0.0457. The van der Waals surface area contributed by atoms with E-state index in [1.807, 2.05) is 75.8 Å². The van der Waals surface area contributed by atoms with Crippen molar-refractivity contribution in [3.63, 3.8) is 0 Å². The van der Waals surface area contributed by atoms with Crippen LogP contribution < -0.4 is 20.7 Å². The fourth-order valence-electron chi connectivity index (χ4n) is 3.29. The SMILES string of the molecule is CCNC(=O)COc1cccc(C(C)NC(=O)NCc2ccccc2-c2cnn(C)c2)c1. The van der Waals surface area contributed by atoms with E-state index < -0.39 is 0 Å². The van der Waals surface area contributed by atoms with Crippen molar-refractivity contribution in [1.29, 1.82) is 0 Å². The number of hydrogen-bond donors (Lipinski definition) is 3. The predicted molar refractivity (Wildman–Crippen MR) is 123 cm³/mol. The van der Waals surface area contributed by atoms with Gasteiger partial charge in [-0.3, -0.25) is 9.48 Å². The Morgan fingerprint density at radius 3 is 2.69 bits per heavy atom. The molecule has 1 atom stereocenters. The average molecular weight is 436 g/mol. The molecule has 168 valence electrons. The van der Waals surface area contributed by atoms with E-state index in [0.29, 0.717) is 18.8 Å². The molecule has 0 bridgehead atoms. The third kappa shape index (κ3) is 6.34. The molecule has 0 spiro atoms. The van der Waals surface area contributed by atoms with Gasteiger partial charge in [0.2, 0.25) is 0 Å². The molecular formula is C24H29N5O3. The van der Waals surface area contributed by atoms with Crippen LogP contribution in [-0.4, -0.2) is 34.9 Å². The number of benzene rings is 2. The lowest BCUT2D eigenvalue weighted by Crippen LogP contribution is -2.36. The van der Waals surface area contributed by atoms with Gasteiger partial charge in [0.15, 0.2) is 6.61 Å². The van der Waals surface area contributed by atoms with Crippen LogP contribution in [0.25, 0.3) is 11.1 Å². The van der Waals surface area contributed by atoms with Gasteiger partial charge in [-0.2, -0.15) is 5.10 Å². The topological polar surface area (TPSA) is 97.3 Å². The van der Waals surface area contributed by atoms with Gasteiger partial charge in [0.1, 0.15) is 5.75 Å². The molecule has 0 aliphatic heterocycles. The Morgan fingerprint density at radius 1 is 1.12 bits per heavy atom. The molecule has 0 radical (unpaired) electrons. The van der Waals surface area contributed by atoms with E-state index in [1.54, 1.807) is 10.7 Å². The second kappa shape index (κ2) is 11.0. The van der Waals surface area contributed by atoms with E-state index in [1.165, 1.54) is 0 Å². The zero-order valence-corrected chi connectivity index (χ0v) is 18.6. The van der Waals surface area contributed by atoms with Crippen LogP contribution in [-0.2, 0) is 18.4 Å². The fraction of sp³-hybridized carbons (Fsp3) is 0.292. The van der Waals surface area contributed by atoms with E-state index in [0.717, 1.165) is 22.3 Å². The van der Waals surface area contributed by atoms with Crippen molar-refractivity contribution in [3.05, 3.63) is 72.1 Å². The number of nitrogens with one attached hydrogen (secondary N) is 3. The summed E-state index contributed by atoms with van der Waals surface area (Å²) in [6.45, 7) is 4.65. The van der Waals surface area contributed by atoms with Gasteiger partial charge in [0.05, 0.1) is 12.2 Å². The quantitative estimate of drug-likeness (QED) is 0.481. The number of amides is 3. The fourth-order valence-corrected chi connectivity index (χ4v) is 3.29. The minimum atomic E-state index is -0.271. The monoisotopic (exact) mass is 435 g/mol. The lowest BCUT2D eigenvalue weighted by Gasteiger charge is -2.17. The number of aryl methyl sites for hydroxylation is 1. The number of rotatable bonds is 9. The van der Waals surface area contributed by atoms with Crippen LogP contribution in [0.4, 0.5) is 4.79 Å². The normalized spacial score (nSPS) is 11.5. The van der Waals surface area contributed by atoms with E-state index in [-0.39, 0.29) is 24.6 Å². The number of carbonyl (C=O) groups is 2. The van der Waals surface area contributed by atoms with Gasteiger partial charge in [-0.15, -0.1) is 0 Å². The maximum atomic E-state index is 12.5. The van der Waals surface area contributed by atoms with Crippen LogP contribution in [0.2, 0.25) is 0 Å². The highest BCUT2D eigenvalue weighted by molar-refractivity contribution is 5.77. The van der Waals surface area contributed by atoms with Gasteiger partial charge in [-0.1, -0.05) is 36.4 Å². The molecule has 3 amide bonds. The Bertz CT molecular complexity index is 1060. The van der Waals surface area contributed by atoms with E-state index in [2.05, 4.69) is 21.0 Å². The predicted octanol–water partition coefficient (Wildman–Crippen LogP) is 3.16. The largest absolute Gasteiger partial charge is 0.484 e. The first-order chi connectivity index (χ1) is 15.5. The first-order valence-electron chi connectivity index (χ1n) is 10.6. The second-order valence-corrected chi connectivity index (χ2v) is 7.42. The van der Waals surface area contributed by atoms with E-state index in [4.69, 9.17) is 4.74 Å². The molecule has 2 aromatic carbocycles. The van der Waals surface area contributed by atoms with Crippen molar-refractivity contribution < 1.29 is 14.3 Å². The van der Waals surface area contributed by atoms with E-state index in [9.17, 15) is 9.59 Å². The van der Waals surface area contributed by atoms with Crippen LogP contribution in [0.3, 0.4) is 0 Å². The second-order valence-electron chi connectivity index (χ2n) is 7.42. The average Bonchev–Trinajstić information content (AvgIpc) is 3.23. The molecule has 1 aromatic heterocycles. The maximum absolute atomic E-state index is 12.5. The summed E-state index contributed by atoms with van der Waals surface area (Å²) < 4.78 is 7.28. The number of likely N-dealkylation sites (N-methyl/N-ethyl adjacent to an activating group) is 1. The van der Waals surface area contributed by atoms with Gasteiger partial charge < -0.3 is 20.7 Å². The molecule has 1 unspecified atom stereocenters. The molecule has 0 aliphatic rings. The summed E-state index contributed by atoms with van der Waals surface area (Å²) in [7, 11) is 1.87. The molecule has 1 heterocycles. The molecule has 0 fully saturated rings. The highest BCUT2D eigenvalue weighted by Gasteiger charge is 2.12. The summed E-state index contributed by atoms with van der Waals surface area (Å²) in [5.41, 5.74) is 3.92. The third-order valence-corrected chi connectivity index (χ3v) is 4.92. The molecule has 8 nitrogen and oxygen atoms in total. The molecule has 3 rings (SSSR count). The van der Waals surface area contributed by atoms with Crippen molar-refractivity contribution in [2.75, 3.05) is 13.2 Å². The first-order valence-corrected chi connectivity index (χ1v) is 10.6. The zero-order valence-electron chi connectivity index (χ0n) is 18.6. The third-order valence-electron chi connectivity index (χ3n) is 4.92. The van der Waals surface area contributed by atoms with Crippen molar-refractivity contribution in [3.8, 4) is 16.9 Å². The Morgan fingerprint density at radius 2 is 1.94 bits per heavy atom. The van der Waals surface area contributed by atoms with Gasteiger partial charge in [0, 0.05) is 31.9 Å². The van der Waals surface area contributed by atoms with Crippen LogP contribution in [0.15, 0.2) is 60.9 Å². The van der Waals surface area contributed by atoms with Gasteiger partial charge in [0.25, 0.3) is 5.91 Å². The number of aromatic nitrogens is 2. The molecular weight excluding hydrogens is 406 g/mol. The van der Waals surface area contributed by atoms with Gasteiger partial charge in [-0.05, 0) is 42.7 Å². The summed E-state index contributed by atoms with van der Waals surface area (Å²) in [5, 5.41) is 12.8. The summed E-state index contributed by atoms with van der Waals surface area (Å²) >= 11 is 0. The standard InChI is InChI=1S/C24H29N5O3/c1-4-25-23(30)16-32-21-10-7-9-18(12-21)17(2)28-24(31)26-13-19-8-5-6-11-22(19)20-14-27-29(3)15-20/h5-12,14-15,17H,4,13,16H2,1-3H3,(H,25,30)(H2,26,28,31). The molecule has 3 N–H and O–H groups in total. The molecule has 0 aliphatic carbocycles. The zero-order chi connectivity index (χ0) is 22.9. The molecule has 3 aromatic rings. The Kier molecular flexibility index (Phi) is 7.85. The highest BCUT2D eigenvalue weighted by Crippen LogP contribution is 2.23. The molecule has 32 heavy (non-hydrogen) atoms. The van der Waals surface area contributed by atoms with Crippen LogP contribution >= 0.6 is 0 Å². The summed E-state index contributed by atoms with van der Waals surface area (Å²) in [6.07, 6.45) is 3.75. The summed E-state index contributed by atoms with van der Waals surface area (Å²) in [5.74, 6) is 0.406. The van der Waals surface area contributed by atoms with Crippen molar-refractivity contribution >= 4 is 11.9 Å². The van der Waals surface area contributed by atoms with E-state index >= 15 is 0 Å². The minimum Gasteiger partial charge on any atom is -0.484 e. The van der Waals surface area contributed by atoms with Gasteiger partial charge in [-0.25, -0.2) is 4.79 Å². The Balaban J connectivity index is 1.56. The van der Waals surface area contributed by atoms with Crippen molar-refractivity contribution in [2.24, 2.45) is 7.05 Å². The lowest BCUT2D eigenvalue weighted by molar-refractivity contribution is -0.122. The molecule has 8 heteroatoms. The molecule has 0 saturated heterocycles. The maximum Gasteiger partial charge on any atom is 0.315 e. The lowest BCUT2D eigenvalue weighted by atomic mass is 10.0. The van der Waals surface area contributed by atoms with Crippen LogP contribution in [0, 0.1) is 0 Å². The number of nitrogens with zero attached hydrogens (tertiary/aromatic N) is 2.